The van der Waals surface area contributed by atoms with Gasteiger partial charge in [-0.2, -0.15) is 0 Å². The largest absolute Gasteiger partial charge is 0.352 e. The van der Waals surface area contributed by atoms with Crippen LogP contribution in [0.5, 0.6) is 0 Å². The first kappa shape index (κ1) is 20.0. The van der Waals surface area contributed by atoms with Crippen LogP contribution in [0.3, 0.4) is 0 Å². The molecule has 25 heavy (non-hydrogen) atoms. The van der Waals surface area contributed by atoms with Crippen LogP contribution in [0.1, 0.15) is 75.2 Å². The van der Waals surface area contributed by atoms with Gasteiger partial charge in [0.1, 0.15) is 0 Å². The summed E-state index contributed by atoms with van der Waals surface area (Å²) in [6, 6.07) is 8.18. The number of rotatable bonds is 9. The second kappa shape index (κ2) is 10.6. The Labute approximate surface area is 154 Å². The molecule has 0 aliphatic carbocycles. The van der Waals surface area contributed by atoms with E-state index in [0.717, 1.165) is 31.0 Å². The van der Waals surface area contributed by atoms with Crippen LogP contribution < -0.4 is 5.32 Å². The third kappa shape index (κ3) is 6.81. The van der Waals surface area contributed by atoms with E-state index >= 15 is 0 Å². The molecule has 0 radical (unpaired) electrons. The lowest BCUT2D eigenvalue weighted by Gasteiger charge is -2.30. The Morgan fingerprint density at radius 2 is 1.88 bits per heavy atom. The summed E-state index contributed by atoms with van der Waals surface area (Å²) in [5, 5.41) is 3.12. The third-order valence-electron chi connectivity index (χ3n) is 5.59. The summed E-state index contributed by atoms with van der Waals surface area (Å²) >= 11 is 0. The summed E-state index contributed by atoms with van der Waals surface area (Å²) in [6.07, 6.45) is 7.42. The van der Waals surface area contributed by atoms with Gasteiger partial charge >= 0.3 is 0 Å². The molecule has 1 fully saturated rings. The maximum absolute atomic E-state index is 12.4. The third-order valence-corrected chi connectivity index (χ3v) is 5.59. The number of nitrogens with one attached hydrogen (secondary N) is 1. The molecule has 1 N–H and O–H groups in total. The van der Waals surface area contributed by atoms with Gasteiger partial charge < -0.3 is 5.32 Å². The van der Waals surface area contributed by atoms with Gasteiger partial charge in [-0.05, 0) is 61.9 Å². The summed E-state index contributed by atoms with van der Waals surface area (Å²) in [4.78, 5) is 14.9. The molecule has 0 saturated carbocycles. The maximum atomic E-state index is 12.4. The Morgan fingerprint density at radius 3 is 2.48 bits per heavy atom. The highest BCUT2D eigenvalue weighted by Crippen LogP contribution is 2.18. The lowest BCUT2D eigenvalue weighted by atomic mass is 9.98. The number of amides is 1. The van der Waals surface area contributed by atoms with Crippen molar-refractivity contribution in [1.82, 2.24) is 10.2 Å². The number of carbonyl (C=O) groups excluding carboxylic acids is 1. The standard InChI is InChI=1S/C22H36N2O/c1-4-6-7-19(5-2)16-23-22(25)21-10-8-20(9-11-21)17-24-14-12-18(3)13-15-24/h8-11,18-19H,4-7,12-17H2,1-3H3,(H,23,25)/t19-/m0/s1. The number of nitrogens with zero attached hydrogens (tertiary/aromatic N) is 1. The smallest absolute Gasteiger partial charge is 0.251 e. The van der Waals surface area contributed by atoms with E-state index in [1.165, 1.54) is 50.8 Å². The second-order valence-electron chi connectivity index (χ2n) is 7.78. The van der Waals surface area contributed by atoms with Crippen LogP contribution in [-0.2, 0) is 6.54 Å². The fourth-order valence-electron chi connectivity index (χ4n) is 3.52. The van der Waals surface area contributed by atoms with Crippen molar-refractivity contribution in [2.45, 2.75) is 65.8 Å². The Balaban J connectivity index is 1.79. The molecular formula is C22H36N2O. The van der Waals surface area contributed by atoms with Crippen molar-refractivity contribution < 1.29 is 4.79 Å². The van der Waals surface area contributed by atoms with E-state index in [-0.39, 0.29) is 5.91 Å². The van der Waals surface area contributed by atoms with Crippen LogP contribution in [0.2, 0.25) is 0 Å². The highest BCUT2D eigenvalue weighted by atomic mass is 16.1. The van der Waals surface area contributed by atoms with Gasteiger partial charge in [-0.25, -0.2) is 0 Å². The molecule has 1 saturated heterocycles. The maximum Gasteiger partial charge on any atom is 0.251 e. The molecule has 1 amide bonds. The monoisotopic (exact) mass is 344 g/mol. The summed E-state index contributed by atoms with van der Waals surface area (Å²) < 4.78 is 0. The van der Waals surface area contributed by atoms with E-state index in [2.05, 4.69) is 43.1 Å². The summed E-state index contributed by atoms with van der Waals surface area (Å²) in [6.45, 7) is 11.0. The first-order valence-corrected chi connectivity index (χ1v) is 10.2. The molecule has 1 aromatic rings. The molecule has 1 aliphatic rings. The lowest BCUT2D eigenvalue weighted by Crippen LogP contribution is -2.32. The zero-order valence-electron chi connectivity index (χ0n) is 16.4. The molecule has 2 rings (SSSR count). The van der Waals surface area contributed by atoms with Gasteiger partial charge in [-0.3, -0.25) is 9.69 Å². The number of piperidine rings is 1. The van der Waals surface area contributed by atoms with Gasteiger partial charge in [0.15, 0.2) is 0 Å². The van der Waals surface area contributed by atoms with Crippen molar-refractivity contribution in [2.24, 2.45) is 11.8 Å². The first-order valence-electron chi connectivity index (χ1n) is 10.2. The first-order chi connectivity index (χ1) is 12.1. The topological polar surface area (TPSA) is 32.3 Å². The van der Waals surface area contributed by atoms with Crippen molar-refractivity contribution in [3.8, 4) is 0 Å². The molecule has 0 aromatic heterocycles. The van der Waals surface area contributed by atoms with E-state index in [9.17, 15) is 4.79 Å². The Hall–Kier alpha value is -1.35. The van der Waals surface area contributed by atoms with Crippen molar-refractivity contribution >= 4 is 5.91 Å². The minimum atomic E-state index is 0.0632. The van der Waals surface area contributed by atoms with Gasteiger partial charge in [0, 0.05) is 18.7 Å². The van der Waals surface area contributed by atoms with Crippen LogP contribution in [-0.4, -0.2) is 30.4 Å². The molecular weight excluding hydrogens is 308 g/mol. The van der Waals surface area contributed by atoms with Gasteiger partial charge in [-0.1, -0.05) is 52.2 Å². The fourth-order valence-corrected chi connectivity index (χ4v) is 3.52. The van der Waals surface area contributed by atoms with Gasteiger partial charge in [-0.15, -0.1) is 0 Å². The van der Waals surface area contributed by atoms with Crippen LogP contribution in [0.4, 0.5) is 0 Å². The summed E-state index contributed by atoms with van der Waals surface area (Å²) in [5.41, 5.74) is 2.09. The number of unbranched alkanes of at least 4 members (excludes halogenated alkanes) is 1. The summed E-state index contributed by atoms with van der Waals surface area (Å²) in [7, 11) is 0. The number of hydrogen-bond acceptors (Lipinski definition) is 2. The minimum absolute atomic E-state index is 0.0632. The van der Waals surface area contributed by atoms with Crippen LogP contribution in [0.25, 0.3) is 0 Å². The van der Waals surface area contributed by atoms with Crippen LogP contribution in [0.15, 0.2) is 24.3 Å². The molecule has 0 spiro atoms. The van der Waals surface area contributed by atoms with E-state index in [1.807, 2.05) is 12.1 Å². The summed E-state index contributed by atoms with van der Waals surface area (Å²) in [5.74, 6) is 1.53. The number of benzene rings is 1. The molecule has 1 atom stereocenters. The average molecular weight is 345 g/mol. The Morgan fingerprint density at radius 1 is 1.20 bits per heavy atom. The van der Waals surface area contributed by atoms with E-state index in [1.54, 1.807) is 0 Å². The lowest BCUT2D eigenvalue weighted by molar-refractivity contribution is 0.0946. The van der Waals surface area contributed by atoms with Crippen LogP contribution >= 0.6 is 0 Å². The molecule has 1 aliphatic heterocycles. The van der Waals surface area contributed by atoms with Crippen LogP contribution in [0, 0.1) is 11.8 Å². The number of carbonyl (C=O) groups is 1. The molecule has 3 heteroatoms. The van der Waals surface area contributed by atoms with Gasteiger partial charge in [0.05, 0.1) is 0 Å². The van der Waals surface area contributed by atoms with E-state index in [4.69, 9.17) is 0 Å². The predicted octanol–water partition coefficient (Wildman–Crippen LogP) is 4.86. The number of hydrogen-bond donors (Lipinski definition) is 1. The quantitative estimate of drug-likeness (QED) is 0.693. The van der Waals surface area contributed by atoms with Crippen molar-refractivity contribution in [2.75, 3.05) is 19.6 Å². The molecule has 140 valence electrons. The highest BCUT2D eigenvalue weighted by Gasteiger charge is 2.16. The van der Waals surface area contributed by atoms with Crippen molar-refractivity contribution in [1.29, 1.82) is 0 Å². The van der Waals surface area contributed by atoms with Crippen molar-refractivity contribution in [3.63, 3.8) is 0 Å². The zero-order valence-corrected chi connectivity index (χ0v) is 16.4. The second-order valence-corrected chi connectivity index (χ2v) is 7.78. The van der Waals surface area contributed by atoms with Crippen molar-refractivity contribution in [3.05, 3.63) is 35.4 Å². The molecule has 1 aromatic carbocycles. The highest BCUT2D eigenvalue weighted by molar-refractivity contribution is 5.94. The fraction of sp³-hybridized carbons (Fsp3) is 0.682. The Bertz CT molecular complexity index is 503. The van der Waals surface area contributed by atoms with Gasteiger partial charge in [0.25, 0.3) is 5.91 Å². The molecule has 0 unspecified atom stereocenters. The van der Waals surface area contributed by atoms with E-state index < -0.39 is 0 Å². The minimum Gasteiger partial charge on any atom is -0.352 e. The van der Waals surface area contributed by atoms with Gasteiger partial charge in [0.2, 0.25) is 0 Å². The average Bonchev–Trinajstić information content (AvgIpc) is 2.64. The van der Waals surface area contributed by atoms with E-state index in [0.29, 0.717) is 5.92 Å². The normalized spacial score (nSPS) is 17.4. The molecule has 0 bridgehead atoms. The number of likely N-dealkylation sites (tertiary alicyclic amines) is 1. The molecule has 1 heterocycles. The predicted molar refractivity (Wildman–Crippen MR) is 106 cm³/mol. The SMILES string of the molecule is CCCC[C@H](CC)CNC(=O)c1ccc(CN2CCC(C)CC2)cc1. The molecule has 3 nitrogen and oxygen atoms in total. The zero-order chi connectivity index (χ0) is 18.1. The Kier molecular flexibility index (Phi) is 8.47.